The first-order valence-electron chi connectivity index (χ1n) is 7.40. The second-order valence-electron chi connectivity index (χ2n) is 5.13. The summed E-state index contributed by atoms with van der Waals surface area (Å²) in [5.74, 6) is 0. The molecule has 3 aliphatic rings. The monoisotopic (exact) mass is 477 g/mol. The highest BCUT2D eigenvalue weighted by Gasteiger charge is 2.38. The van der Waals surface area contributed by atoms with E-state index in [2.05, 4.69) is 60.1 Å². The first-order chi connectivity index (χ1) is 12.2. The number of hydrogen-bond acceptors (Lipinski definition) is 9. The summed E-state index contributed by atoms with van der Waals surface area (Å²) < 4.78 is 8.64. The number of nitrogens with zero attached hydrogens (tertiary/aromatic N) is 1. The first-order valence-corrected chi connectivity index (χ1v) is 15.0. The van der Waals surface area contributed by atoms with Crippen LogP contribution in [0.25, 0.3) is 5.57 Å². The van der Waals surface area contributed by atoms with Crippen LogP contribution >= 0.6 is 94.1 Å². The molecule has 1 nitrogen and oxygen atoms in total. The SMILES string of the molecule is CSC1SC(=C2SC3=C(S2)SC(=C(C)c2ccccn2)S3)SC1SC. The highest BCUT2D eigenvalue weighted by molar-refractivity contribution is 8.49. The van der Waals surface area contributed by atoms with Gasteiger partial charge in [-0.1, -0.05) is 53.1 Å². The lowest BCUT2D eigenvalue weighted by Gasteiger charge is -2.10. The van der Waals surface area contributed by atoms with Crippen molar-refractivity contribution < 1.29 is 0 Å². The molecule has 1 saturated heterocycles. The molecule has 1 aromatic heterocycles. The third-order valence-corrected chi connectivity index (χ3v) is 16.2. The number of hydrogen-bond donors (Lipinski definition) is 0. The highest BCUT2D eigenvalue weighted by Crippen LogP contribution is 2.70. The Bertz CT molecular complexity index is 734. The van der Waals surface area contributed by atoms with E-state index in [1.54, 1.807) is 0 Å². The summed E-state index contributed by atoms with van der Waals surface area (Å²) in [6, 6.07) is 6.12. The van der Waals surface area contributed by atoms with Crippen molar-refractivity contribution in [3.05, 3.63) is 51.3 Å². The molecule has 132 valence electrons. The minimum absolute atomic E-state index is 0.668. The van der Waals surface area contributed by atoms with Gasteiger partial charge in [-0.25, -0.2) is 0 Å². The van der Waals surface area contributed by atoms with E-state index in [0.717, 1.165) is 5.69 Å². The lowest BCUT2D eigenvalue weighted by molar-refractivity contribution is 1.27. The number of rotatable bonds is 3. The number of thioether (sulfide) groups is 8. The van der Waals surface area contributed by atoms with Crippen LogP contribution < -0.4 is 0 Å². The maximum absolute atomic E-state index is 4.49. The molecule has 4 heterocycles. The van der Waals surface area contributed by atoms with Crippen LogP contribution in [-0.2, 0) is 0 Å². The molecule has 2 unspecified atom stereocenters. The largest absolute Gasteiger partial charge is 0.257 e. The second-order valence-corrected chi connectivity index (χ2v) is 15.4. The molecule has 1 fully saturated rings. The molecule has 4 rings (SSSR count). The zero-order valence-corrected chi connectivity index (χ0v) is 20.2. The molecule has 0 amide bonds. The Morgan fingerprint density at radius 2 is 1.48 bits per heavy atom. The van der Waals surface area contributed by atoms with E-state index < -0.39 is 0 Å². The standard InChI is InChI=1S/C16H15NS8/c1-8(9-6-4-5-7-17-9)10-20-13-14(21-10)25-16(24-13)15-22-11(18-2)12(19-3)23-15/h4-7,11-12H,1-3H3. The van der Waals surface area contributed by atoms with E-state index in [0.29, 0.717) is 9.16 Å². The van der Waals surface area contributed by atoms with Crippen LogP contribution in [0.4, 0.5) is 0 Å². The molecule has 1 aromatic rings. The normalized spacial score (nSPS) is 26.0. The number of pyridine rings is 1. The minimum Gasteiger partial charge on any atom is -0.257 e. The molecule has 25 heavy (non-hydrogen) atoms. The molecule has 9 heteroatoms. The molecular formula is C16H15NS8. The Labute approximate surface area is 183 Å². The Kier molecular flexibility index (Phi) is 6.76. The van der Waals surface area contributed by atoms with Gasteiger partial charge in [-0.05, 0) is 37.1 Å². The molecule has 0 bridgehead atoms. The van der Waals surface area contributed by atoms with Gasteiger partial charge in [0.1, 0.15) is 0 Å². The van der Waals surface area contributed by atoms with E-state index in [9.17, 15) is 0 Å². The average Bonchev–Trinajstić information content (AvgIpc) is 3.33. The van der Waals surface area contributed by atoms with Gasteiger partial charge in [-0.2, -0.15) is 0 Å². The minimum atomic E-state index is 0.668. The maximum atomic E-state index is 4.49. The van der Waals surface area contributed by atoms with Crippen LogP contribution in [0.15, 0.2) is 45.6 Å². The van der Waals surface area contributed by atoms with E-state index in [1.807, 2.05) is 82.8 Å². The van der Waals surface area contributed by atoms with Gasteiger partial charge in [-0.3, -0.25) is 4.98 Å². The summed E-state index contributed by atoms with van der Waals surface area (Å²) in [7, 11) is 0. The summed E-state index contributed by atoms with van der Waals surface area (Å²) in [5.41, 5.74) is 2.37. The first kappa shape index (κ1) is 19.5. The molecular weight excluding hydrogens is 463 g/mol. The lowest BCUT2D eigenvalue weighted by atomic mass is 10.2. The third-order valence-electron chi connectivity index (χ3n) is 3.56. The van der Waals surface area contributed by atoms with Gasteiger partial charge in [0.15, 0.2) is 0 Å². The Hall–Kier alpha value is 1.17. The topological polar surface area (TPSA) is 12.9 Å². The van der Waals surface area contributed by atoms with Gasteiger partial charge in [0.05, 0.1) is 36.0 Å². The van der Waals surface area contributed by atoms with Crippen LogP contribution in [0.5, 0.6) is 0 Å². The van der Waals surface area contributed by atoms with E-state index in [1.165, 1.54) is 26.8 Å². The molecule has 0 spiro atoms. The van der Waals surface area contributed by atoms with Crippen LogP contribution in [0.2, 0.25) is 0 Å². The van der Waals surface area contributed by atoms with Crippen LogP contribution in [0, 0.1) is 0 Å². The van der Waals surface area contributed by atoms with Gasteiger partial charge in [0.2, 0.25) is 0 Å². The van der Waals surface area contributed by atoms with Gasteiger partial charge >= 0.3 is 0 Å². The van der Waals surface area contributed by atoms with Crippen molar-refractivity contribution in [2.75, 3.05) is 12.5 Å². The van der Waals surface area contributed by atoms with Crippen molar-refractivity contribution in [3.63, 3.8) is 0 Å². The van der Waals surface area contributed by atoms with Crippen molar-refractivity contribution in [2.24, 2.45) is 0 Å². The van der Waals surface area contributed by atoms with Gasteiger partial charge in [-0.15, -0.1) is 47.0 Å². The zero-order chi connectivity index (χ0) is 17.4. The van der Waals surface area contributed by atoms with Crippen molar-refractivity contribution in [1.29, 1.82) is 0 Å². The summed E-state index contributed by atoms with van der Waals surface area (Å²) in [4.78, 5) is 4.49. The van der Waals surface area contributed by atoms with Crippen LogP contribution in [0.1, 0.15) is 12.6 Å². The zero-order valence-electron chi connectivity index (χ0n) is 13.7. The lowest BCUT2D eigenvalue weighted by Crippen LogP contribution is -2.04. The summed E-state index contributed by atoms with van der Waals surface area (Å²) in [6.07, 6.45) is 6.33. The Balaban J connectivity index is 1.48. The van der Waals surface area contributed by atoms with Crippen molar-refractivity contribution in [1.82, 2.24) is 4.98 Å². The molecule has 3 aliphatic heterocycles. The molecule has 2 atom stereocenters. The summed E-state index contributed by atoms with van der Waals surface area (Å²) >= 11 is 15.9. The smallest absolute Gasteiger partial charge is 0.0765 e. The van der Waals surface area contributed by atoms with Gasteiger partial charge in [0.25, 0.3) is 0 Å². The summed E-state index contributed by atoms with van der Waals surface area (Å²) in [5, 5.41) is 0. The molecule has 0 radical (unpaired) electrons. The molecule has 0 aliphatic carbocycles. The second kappa shape index (κ2) is 8.68. The average molecular weight is 478 g/mol. The van der Waals surface area contributed by atoms with Crippen molar-refractivity contribution in [2.45, 2.75) is 16.1 Å². The van der Waals surface area contributed by atoms with Crippen LogP contribution in [-0.4, -0.2) is 26.7 Å². The third kappa shape index (κ3) is 4.13. The fraction of sp³-hybridized carbons (Fsp3) is 0.312. The Morgan fingerprint density at radius 3 is 2.00 bits per heavy atom. The molecule has 0 N–H and O–H groups in total. The summed E-state index contributed by atoms with van der Waals surface area (Å²) in [6.45, 7) is 2.18. The highest BCUT2D eigenvalue weighted by atomic mass is 32.3. The van der Waals surface area contributed by atoms with E-state index in [-0.39, 0.29) is 0 Å². The van der Waals surface area contributed by atoms with Crippen molar-refractivity contribution in [3.8, 4) is 0 Å². The molecule has 0 saturated carbocycles. The predicted octanol–water partition coefficient (Wildman–Crippen LogP) is 7.84. The number of aromatic nitrogens is 1. The fourth-order valence-electron chi connectivity index (χ4n) is 2.28. The van der Waals surface area contributed by atoms with Gasteiger partial charge in [0, 0.05) is 6.20 Å². The molecule has 0 aromatic carbocycles. The Morgan fingerprint density at radius 1 is 0.880 bits per heavy atom. The van der Waals surface area contributed by atoms with E-state index in [4.69, 9.17) is 0 Å². The number of allylic oxidation sites excluding steroid dienone is 1. The maximum Gasteiger partial charge on any atom is 0.0765 e. The van der Waals surface area contributed by atoms with E-state index >= 15 is 0 Å². The van der Waals surface area contributed by atoms with Crippen molar-refractivity contribution >= 4 is 99.7 Å². The quantitative estimate of drug-likeness (QED) is 0.428. The fourth-order valence-corrected chi connectivity index (χ4v) is 15.2. The predicted molar refractivity (Wildman–Crippen MR) is 131 cm³/mol. The van der Waals surface area contributed by atoms with Gasteiger partial charge < -0.3 is 0 Å². The van der Waals surface area contributed by atoms with Crippen LogP contribution in [0.3, 0.4) is 0 Å².